The lowest BCUT2D eigenvalue weighted by Gasteiger charge is -2.27. The topological polar surface area (TPSA) is 75.9 Å². The number of hydrogen-bond donors (Lipinski definition) is 0. The van der Waals surface area contributed by atoms with Gasteiger partial charge in [-0.25, -0.2) is 0 Å². The molecule has 4 heterocycles. The molecule has 1 aromatic heterocycles. The van der Waals surface area contributed by atoms with Crippen LogP contribution in [0.15, 0.2) is 47.0 Å². The van der Waals surface area contributed by atoms with Gasteiger partial charge in [-0.3, -0.25) is 9.59 Å². The van der Waals surface area contributed by atoms with E-state index in [1.165, 1.54) is 0 Å². The van der Waals surface area contributed by atoms with Crippen molar-refractivity contribution in [2.45, 2.75) is 38.6 Å². The zero-order chi connectivity index (χ0) is 21.0. The van der Waals surface area contributed by atoms with Gasteiger partial charge >= 0.3 is 0 Å². The molecule has 2 amide bonds. The Hall–Kier alpha value is -2.93. The summed E-state index contributed by atoms with van der Waals surface area (Å²) in [4.78, 5) is 30.1. The van der Waals surface area contributed by atoms with Crippen LogP contribution in [0.4, 0.5) is 0 Å². The molecular weight excluding hydrogens is 382 g/mol. The Morgan fingerprint density at radius 3 is 2.90 bits per heavy atom. The van der Waals surface area contributed by atoms with E-state index < -0.39 is 17.4 Å². The third-order valence-electron chi connectivity index (χ3n) is 6.37. The number of hydrogen-bond acceptors (Lipinski definition) is 5. The van der Waals surface area contributed by atoms with Gasteiger partial charge in [-0.15, -0.1) is 0 Å². The third kappa shape index (κ3) is 2.96. The largest absolute Gasteiger partial charge is 0.361 e. The minimum Gasteiger partial charge on any atom is -0.361 e. The summed E-state index contributed by atoms with van der Waals surface area (Å²) in [5, 5.41) is 3.97. The second-order valence-electron chi connectivity index (χ2n) is 8.71. The van der Waals surface area contributed by atoms with E-state index in [2.05, 4.69) is 11.2 Å². The number of aromatic nitrogens is 1. The van der Waals surface area contributed by atoms with Crippen LogP contribution in [0.25, 0.3) is 0 Å². The molecule has 0 unspecified atom stereocenters. The van der Waals surface area contributed by atoms with Gasteiger partial charge in [-0.1, -0.05) is 47.1 Å². The van der Waals surface area contributed by atoms with Gasteiger partial charge < -0.3 is 19.1 Å². The molecule has 4 atom stereocenters. The lowest BCUT2D eigenvalue weighted by atomic mass is 9.76. The number of fused-ring (bicyclic) bond motifs is 1. The summed E-state index contributed by atoms with van der Waals surface area (Å²) in [5.74, 6) is -0.391. The Kier molecular flexibility index (Phi) is 4.32. The van der Waals surface area contributed by atoms with Crippen LogP contribution in [0.5, 0.6) is 0 Å². The molecule has 5 rings (SSSR count). The van der Waals surface area contributed by atoms with Gasteiger partial charge in [-0.05, 0) is 19.4 Å². The Morgan fingerprint density at radius 1 is 1.33 bits per heavy atom. The number of rotatable bonds is 5. The summed E-state index contributed by atoms with van der Waals surface area (Å²) in [5.41, 5.74) is 2.24. The van der Waals surface area contributed by atoms with E-state index in [4.69, 9.17) is 9.26 Å². The van der Waals surface area contributed by atoms with Crippen molar-refractivity contribution in [1.82, 2.24) is 15.0 Å². The smallest absolute Gasteiger partial charge is 0.230 e. The number of benzene rings is 1. The van der Waals surface area contributed by atoms with Crippen molar-refractivity contribution in [3.63, 3.8) is 0 Å². The number of aryl methyl sites for hydroxylation is 2. The molecule has 1 aromatic carbocycles. The highest BCUT2D eigenvalue weighted by atomic mass is 16.5. The van der Waals surface area contributed by atoms with Crippen LogP contribution in [0.2, 0.25) is 0 Å². The first-order valence-corrected chi connectivity index (χ1v) is 10.2. The maximum atomic E-state index is 13.4. The van der Waals surface area contributed by atoms with E-state index in [1.54, 1.807) is 11.9 Å². The average Bonchev–Trinajstić information content (AvgIpc) is 3.44. The fourth-order valence-electron chi connectivity index (χ4n) is 5.09. The number of ether oxygens (including phenoxy) is 1. The molecule has 0 N–H and O–H groups in total. The minimum atomic E-state index is -0.697. The summed E-state index contributed by atoms with van der Waals surface area (Å²) in [6.45, 7) is 5.20. The highest BCUT2D eigenvalue weighted by molar-refractivity contribution is 5.93. The van der Waals surface area contributed by atoms with E-state index in [0.29, 0.717) is 31.1 Å². The van der Waals surface area contributed by atoms with Gasteiger partial charge in [0.2, 0.25) is 11.8 Å². The van der Waals surface area contributed by atoms with Gasteiger partial charge in [0.1, 0.15) is 17.1 Å². The van der Waals surface area contributed by atoms with Crippen LogP contribution in [-0.2, 0) is 27.4 Å². The van der Waals surface area contributed by atoms with Crippen LogP contribution in [0, 0.1) is 25.7 Å². The molecule has 156 valence electrons. The van der Waals surface area contributed by atoms with Crippen LogP contribution in [0.3, 0.4) is 0 Å². The molecule has 30 heavy (non-hydrogen) atoms. The van der Waals surface area contributed by atoms with Gasteiger partial charge in [0.15, 0.2) is 0 Å². The first kappa shape index (κ1) is 19.1. The minimum absolute atomic E-state index is 0.00705. The normalized spacial score (nSPS) is 29.0. The number of likely N-dealkylation sites (tertiary alicyclic amines) is 1. The molecule has 2 saturated heterocycles. The van der Waals surface area contributed by atoms with Crippen molar-refractivity contribution in [2.24, 2.45) is 11.8 Å². The van der Waals surface area contributed by atoms with Gasteiger partial charge in [0, 0.05) is 19.7 Å². The van der Waals surface area contributed by atoms with Crippen molar-refractivity contribution < 1.29 is 18.8 Å². The fraction of sp³-hybridized carbons (Fsp3) is 0.435. The van der Waals surface area contributed by atoms with E-state index in [1.807, 2.05) is 55.2 Å². The predicted molar refractivity (Wildman–Crippen MR) is 108 cm³/mol. The Bertz CT molecular complexity index is 1040. The fourth-order valence-corrected chi connectivity index (χ4v) is 5.09. The Morgan fingerprint density at radius 2 is 2.17 bits per heavy atom. The monoisotopic (exact) mass is 407 g/mol. The van der Waals surface area contributed by atoms with E-state index in [-0.39, 0.29) is 17.9 Å². The van der Waals surface area contributed by atoms with Crippen molar-refractivity contribution in [1.29, 1.82) is 0 Å². The van der Waals surface area contributed by atoms with E-state index in [0.717, 1.165) is 11.1 Å². The molecule has 1 spiro atoms. The highest BCUT2D eigenvalue weighted by Crippen LogP contribution is 2.52. The van der Waals surface area contributed by atoms with Crippen molar-refractivity contribution in [3.8, 4) is 0 Å². The van der Waals surface area contributed by atoms with E-state index in [9.17, 15) is 9.59 Å². The Balaban J connectivity index is 1.36. The molecule has 7 heteroatoms. The molecule has 3 aliphatic rings. The molecule has 2 bridgehead atoms. The van der Waals surface area contributed by atoms with Crippen LogP contribution in [-0.4, -0.2) is 52.1 Å². The third-order valence-corrected chi connectivity index (χ3v) is 6.37. The summed E-state index contributed by atoms with van der Waals surface area (Å²) in [6.07, 6.45) is 3.58. The zero-order valence-electron chi connectivity index (χ0n) is 17.4. The van der Waals surface area contributed by atoms with Gasteiger partial charge in [-0.2, -0.15) is 0 Å². The summed E-state index contributed by atoms with van der Waals surface area (Å²) in [7, 11) is 1.73. The molecule has 3 aliphatic heterocycles. The predicted octanol–water partition coefficient (Wildman–Crippen LogP) is 2.23. The summed E-state index contributed by atoms with van der Waals surface area (Å²) < 4.78 is 11.3. The molecule has 0 aliphatic carbocycles. The molecule has 2 aromatic rings. The Labute approximate surface area is 175 Å². The van der Waals surface area contributed by atoms with E-state index >= 15 is 0 Å². The highest BCUT2D eigenvalue weighted by Gasteiger charge is 2.67. The quantitative estimate of drug-likeness (QED) is 0.711. The summed E-state index contributed by atoms with van der Waals surface area (Å²) in [6, 6.07) is 9.96. The standard InChI is InChI=1S/C23H25N3O4/c1-14-5-4-6-16(9-14)11-26-13-23-8-7-18(29-23)19(20(23)22(26)28)21(27)25(3)12-17-10-15(2)30-24-17/h4-10,18-20H,11-13H2,1-3H3/t18-,19+,20+,23-/m0/s1. The van der Waals surface area contributed by atoms with Gasteiger partial charge in [0.05, 0.1) is 31.0 Å². The molecule has 0 saturated carbocycles. The molecule has 0 radical (unpaired) electrons. The van der Waals surface area contributed by atoms with Crippen molar-refractivity contribution in [3.05, 3.63) is 65.1 Å². The first-order valence-electron chi connectivity index (χ1n) is 10.2. The second kappa shape index (κ2) is 6.80. The average molecular weight is 407 g/mol. The summed E-state index contributed by atoms with van der Waals surface area (Å²) >= 11 is 0. The molecular formula is C23H25N3O4. The van der Waals surface area contributed by atoms with Crippen LogP contribution >= 0.6 is 0 Å². The number of amides is 2. The molecule has 7 nitrogen and oxygen atoms in total. The SMILES string of the molecule is Cc1cccc(CN2C[C@]34C=C[C@H](O3)[C@@H](C(=O)N(C)Cc3cc(C)on3)[C@@H]4C2=O)c1. The lowest BCUT2D eigenvalue weighted by Crippen LogP contribution is -2.44. The number of carbonyl (C=O) groups excluding carboxylic acids is 2. The number of nitrogens with zero attached hydrogens (tertiary/aromatic N) is 3. The van der Waals surface area contributed by atoms with Crippen molar-refractivity contribution in [2.75, 3.05) is 13.6 Å². The van der Waals surface area contributed by atoms with Crippen molar-refractivity contribution >= 4 is 11.8 Å². The number of carbonyl (C=O) groups is 2. The molecule has 2 fully saturated rings. The van der Waals surface area contributed by atoms with Crippen LogP contribution in [0.1, 0.15) is 22.6 Å². The second-order valence-corrected chi connectivity index (χ2v) is 8.71. The lowest BCUT2D eigenvalue weighted by molar-refractivity contribution is -0.143. The zero-order valence-corrected chi connectivity index (χ0v) is 17.4. The van der Waals surface area contributed by atoms with Crippen LogP contribution < -0.4 is 0 Å². The maximum absolute atomic E-state index is 13.4. The first-order chi connectivity index (χ1) is 14.4. The maximum Gasteiger partial charge on any atom is 0.230 e. The van der Waals surface area contributed by atoms with Gasteiger partial charge in [0.25, 0.3) is 0 Å².